The Morgan fingerprint density at radius 2 is 1.65 bits per heavy atom. The van der Waals surface area contributed by atoms with E-state index in [0.717, 1.165) is 16.9 Å². The molecule has 0 aliphatic rings. The quantitative estimate of drug-likeness (QED) is 0.532. The first-order chi connectivity index (χ1) is 12.5. The minimum absolute atomic E-state index is 0.336. The molecule has 26 heavy (non-hydrogen) atoms. The first kappa shape index (κ1) is 16.5. The Bertz CT molecular complexity index is 1060. The van der Waals surface area contributed by atoms with E-state index < -0.39 is 0 Å². The van der Waals surface area contributed by atoms with Crippen LogP contribution in [0.15, 0.2) is 47.0 Å². The smallest absolute Gasteiger partial charge is 0.280 e. The molecule has 0 saturated heterocycles. The fourth-order valence-electron chi connectivity index (χ4n) is 2.88. The molecule has 0 bridgehead atoms. The summed E-state index contributed by atoms with van der Waals surface area (Å²) in [7, 11) is 0. The molecule has 0 unspecified atom stereocenters. The largest absolute Gasteiger partial charge is 0.332 e. The lowest BCUT2D eigenvalue weighted by molar-refractivity contribution is 0.430. The van der Waals surface area contributed by atoms with Gasteiger partial charge in [0.05, 0.1) is 11.4 Å². The fraction of sp³-hybridized carbons (Fsp3) is 0.158. The number of halogens is 1. The van der Waals surface area contributed by atoms with Crippen LogP contribution in [0.5, 0.6) is 0 Å². The highest BCUT2D eigenvalue weighted by atomic mass is 35.5. The molecular formula is C19H16ClN5O. The van der Waals surface area contributed by atoms with Gasteiger partial charge in [0.25, 0.3) is 5.89 Å². The SMILES string of the molecule is Cc1cc(C)cc(-n2nnc(-c3nc(-c4ccc(Cl)cc4)no3)c2C)c1. The molecule has 130 valence electrons. The summed E-state index contributed by atoms with van der Waals surface area (Å²) in [4.78, 5) is 4.45. The van der Waals surface area contributed by atoms with Crippen LogP contribution in [0.4, 0.5) is 0 Å². The monoisotopic (exact) mass is 365 g/mol. The highest BCUT2D eigenvalue weighted by molar-refractivity contribution is 6.30. The molecule has 4 aromatic rings. The topological polar surface area (TPSA) is 69.6 Å². The molecule has 7 heteroatoms. The summed E-state index contributed by atoms with van der Waals surface area (Å²) in [6.45, 7) is 6.04. The lowest BCUT2D eigenvalue weighted by atomic mass is 10.1. The fourth-order valence-corrected chi connectivity index (χ4v) is 3.01. The van der Waals surface area contributed by atoms with Gasteiger partial charge in [0.2, 0.25) is 5.82 Å². The van der Waals surface area contributed by atoms with Crippen LogP contribution in [-0.2, 0) is 0 Å². The van der Waals surface area contributed by atoms with E-state index in [4.69, 9.17) is 16.1 Å². The molecule has 0 amide bonds. The number of nitrogens with zero attached hydrogens (tertiary/aromatic N) is 5. The molecule has 4 rings (SSSR count). The van der Waals surface area contributed by atoms with Gasteiger partial charge in [-0.3, -0.25) is 0 Å². The first-order valence-electron chi connectivity index (χ1n) is 8.12. The van der Waals surface area contributed by atoms with E-state index in [9.17, 15) is 0 Å². The van der Waals surface area contributed by atoms with Crippen molar-refractivity contribution in [3.05, 3.63) is 64.3 Å². The zero-order valence-electron chi connectivity index (χ0n) is 14.6. The van der Waals surface area contributed by atoms with Crippen molar-refractivity contribution >= 4 is 11.6 Å². The van der Waals surface area contributed by atoms with E-state index in [2.05, 4.69) is 52.5 Å². The molecule has 0 atom stereocenters. The predicted molar refractivity (Wildman–Crippen MR) is 99.3 cm³/mol. The standard InChI is InChI=1S/C19H16ClN5O/c1-11-8-12(2)10-16(9-11)25-13(3)17(22-24-25)19-21-18(23-26-19)14-4-6-15(20)7-5-14/h4-10H,1-3H3. The maximum absolute atomic E-state index is 5.92. The highest BCUT2D eigenvalue weighted by Gasteiger charge is 2.19. The van der Waals surface area contributed by atoms with Gasteiger partial charge in [0, 0.05) is 10.6 Å². The van der Waals surface area contributed by atoms with E-state index in [1.165, 1.54) is 11.1 Å². The van der Waals surface area contributed by atoms with E-state index in [0.29, 0.717) is 22.4 Å². The summed E-state index contributed by atoms with van der Waals surface area (Å²) in [5.74, 6) is 0.820. The van der Waals surface area contributed by atoms with Crippen LogP contribution in [0, 0.1) is 20.8 Å². The lowest BCUT2D eigenvalue weighted by Gasteiger charge is -2.06. The van der Waals surface area contributed by atoms with Gasteiger partial charge < -0.3 is 4.52 Å². The highest BCUT2D eigenvalue weighted by Crippen LogP contribution is 2.25. The molecule has 0 N–H and O–H groups in total. The molecule has 0 saturated carbocycles. The van der Waals surface area contributed by atoms with Gasteiger partial charge in [0.15, 0.2) is 5.69 Å². The average molecular weight is 366 g/mol. The predicted octanol–water partition coefficient (Wildman–Crippen LogP) is 4.56. The third kappa shape index (κ3) is 2.99. The molecule has 2 heterocycles. The Labute approximate surface area is 155 Å². The van der Waals surface area contributed by atoms with Crippen molar-refractivity contribution in [3.8, 4) is 28.7 Å². The third-order valence-corrected chi connectivity index (χ3v) is 4.33. The summed E-state index contributed by atoms with van der Waals surface area (Å²) in [6, 6.07) is 13.5. The average Bonchev–Trinajstić information content (AvgIpc) is 3.21. The van der Waals surface area contributed by atoms with Gasteiger partial charge in [-0.05, 0) is 68.3 Å². The van der Waals surface area contributed by atoms with Gasteiger partial charge >= 0.3 is 0 Å². The summed E-state index contributed by atoms with van der Waals surface area (Å²) < 4.78 is 7.18. The van der Waals surface area contributed by atoms with Crippen LogP contribution in [0.1, 0.15) is 16.8 Å². The maximum atomic E-state index is 5.92. The normalized spacial score (nSPS) is 11.1. The van der Waals surface area contributed by atoms with Gasteiger partial charge in [-0.25, -0.2) is 4.68 Å². The van der Waals surface area contributed by atoms with Crippen molar-refractivity contribution in [2.24, 2.45) is 0 Å². The van der Waals surface area contributed by atoms with Gasteiger partial charge in [-0.1, -0.05) is 28.0 Å². The summed E-state index contributed by atoms with van der Waals surface area (Å²) in [5.41, 5.74) is 5.51. The van der Waals surface area contributed by atoms with E-state index >= 15 is 0 Å². The summed E-state index contributed by atoms with van der Waals surface area (Å²) in [6.07, 6.45) is 0. The van der Waals surface area contributed by atoms with Crippen molar-refractivity contribution in [2.75, 3.05) is 0 Å². The first-order valence-corrected chi connectivity index (χ1v) is 8.50. The van der Waals surface area contributed by atoms with Crippen molar-refractivity contribution < 1.29 is 4.52 Å². The van der Waals surface area contributed by atoms with Crippen molar-refractivity contribution in [1.29, 1.82) is 0 Å². The summed E-state index contributed by atoms with van der Waals surface area (Å²) >= 11 is 5.92. The number of benzene rings is 2. The summed E-state index contributed by atoms with van der Waals surface area (Å²) in [5, 5.41) is 13.2. The van der Waals surface area contributed by atoms with Crippen LogP contribution < -0.4 is 0 Å². The molecule has 2 aromatic heterocycles. The molecule has 6 nitrogen and oxygen atoms in total. The van der Waals surface area contributed by atoms with Crippen LogP contribution in [0.3, 0.4) is 0 Å². The number of aromatic nitrogens is 5. The van der Waals surface area contributed by atoms with E-state index in [1.807, 2.05) is 19.1 Å². The van der Waals surface area contributed by atoms with Crippen molar-refractivity contribution in [3.63, 3.8) is 0 Å². The second-order valence-corrected chi connectivity index (χ2v) is 6.65. The van der Waals surface area contributed by atoms with Crippen molar-refractivity contribution in [1.82, 2.24) is 25.1 Å². The Morgan fingerprint density at radius 3 is 2.35 bits per heavy atom. The zero-order valence-corrected chi connectivity index (χ0v) is 15.3. The van der Waals surface area contributed by atoms with E-state index in [-0.39, 0.29) is 0 Å². The van der Waals surface area contributed by atoms with Gasteiger partial charge in [-0.15, -0.1) is 5.10 Å². The van der Waals surface area contributed by atoms with E-state index in [1.54, 1.807) is 16.8 Å². The Hall–Kier alpha value is -2.99. The zero-order chi connectivity index (χ0) is 18.3. The molecular weight excluding hydrogens is 350 g/mol. The molecule has 0 aliphatic carbocycles. The number of hydrogen-bond acceptors (Lipinski definition) is 5. The molecule has 0 spiro atoms. The van der Waals surface area contributed by atoms with Gasteiger partial charge in [-0.2, -0.15) is 4.98 Å². The molecule has 0 aliphatic heterocycles. The molecule has 0 fully saturated rings. The molecule has 0 radical (unpaired) electrons. The minimum atomic E-state index is 0.336. The van der Waals surface area contributed by atoms with Crippen LogP contribution in [-0.4, -0.2) is 25.1 Å². The van der Waals surface area contributed by atoms with Crippen molar-refractivity contribution in [2.45, 2.75) is 20.8 Å². The Morgan fingerprint density at radius 1 is 0.962 bits per heavy atom. The third-order valence-electron chi connectivity index (χ3n) is 4.08. The van der Waals surface area contributed by atoms with Crippen LogP contribution in [0.25, 0.3) is 28.7 Å². The van der Waals surface area contributed by atoms with Crippen LogP contribution >= 0.6 is 11.6 Å². The van der Waals surface area contributed by atoms with Crippen LogP contribution in [0.2, 0.25) is 5.02 Å². The minimum Gasteiger partial charge on any atom is -0.332 e. The lowest BCUT2D eigenvalue weighted by Crippen LogP contribution is -2.00. The maximum Gasteiger partial charge on any atom is 0.280 e. The number of hydrogen-bond donors (Lipinski definition) is 0. The van der Waals surface area contributed by atoms with Gasteiger partial charge in [0.1, 0.15) is 0 Å². The molecule has 2 aromatic carbocycles. The number of aryl methyl sites for hydroxylation is 2. The second-order valence-electron chi connectivity index (χ2n) is 6.21. The second kappa shape index (κ2) is 6.38. The Kier molecular flexibility index (Phi) is 4.05. The number of rotatable bonds is 3. The Balaban J connectivity index is 1.71.